The smallest absolute Gasteiger partial charge is 0.325 e. The maximum atomic E-state index is 12.5. The van der Waals surface area contributed by atoms with E-state index in [1.807, 2.05) is 31.2 Å². The van der Waals surface area contributed by atoms with Gasteiger partial charge in [-0.15, -0.1) is 0 Å². The zero-order chi connectivity index (χ0) is 19.2. The molecule has 3 rings (SSSR count). The summed E-state index contributed by atoms with van der Waals surface area (Å²) >= 11 is 0. The number of hydrogen-bond donors (Lipinski definition) is 0. The molecule has 6 nitrogen and oxygen atoms in total. The normalized spacial score (nSPS) is 23.4. The lowest BCUT2D eigenvalue weighted by Crippen LogP contribution is -2.37. The van der Waals surface area contributed by atoms with Crippen molar-refractivity contribution in [1.29, 1.82) is 0 Å². The van der Waals surface area contributed by atoms with E-state index in [9.17, 15) is 14.4 Å². The Morgan fingerprint density at radius 1 is 1.22 bits per heavy atom. The predicted octanol–water partition coefficient (Wildman–Crippen LogP) is 1.72. The number of ether oxygens (including phenoxy) is 2. The van der Waals surface area contributed by atoms with Crippen molar-refractivity contribution in [3.8, 4) is 0 Å². The Hall–Kier alpha value is -2.05. The average molecular weight is 373 g/mol. The van der Waals surface area contributed by atoms with Crippen molar-refractivity contribution in [3.05, 3.63) is 35.4 Å². The molecule has 2 aliphatic rings. The first-order valence-corrected chi connectivity index (χ1v) is 9.67. The van der Waals surface area contributed by atoms with Crippen LogP contribution in [0.2, 0.25) is 0 Å². The second-order valence-corrected chi connectivity index (χ2v) is 7.31. The molecule has 0 aliphatic carbocycles. The second kappa shape index (κ2) is 9.24. The van der Waals surface area contributed by atoms with Crippen molar-refractivity contribution in [2.75, 3.05) is 32.8 Å². The molecule has 0 N–H and O–H groups in total. The first-order valence-electron chi connectivity index (χ1n) is 9.67. The minimum absolute atomic E-state index is 0.176. The number of carbonyl (C=O) groups excluding carboxylic acids is 3. The molecule has 1 aromatic carbocycles. The van der Waals surface area contributed by atoms with Gasteiger partial charge in [-0.2, -0.15) is 0 Å². The molecule has 2 fully saturated rings. The number of cyclic esters (lactones) is 1. The van der Waals surface area contributed by atoms with E-state index in [0.29, 0.717) is 12.8 Å². The highest BCUT2D eigenvalue weighted by Crippen LogP contribution is 2.24. The fourth-order valence-corrected chi connectivity index (χ4v) is 3.66. The molecule has 0 radical (unpaired) electrons. The summed E-state index contributed by atoms with van der Waals surface area (Å²) < 4.78 is 10.5. The summed E-state index contributed by atoms with van der Waals surface area (Å²) in [5.41, 5.74) is 2.15. The molecule has 0 spiro atoms. The number of aryl methyl sites for hydroxylation is 2. The van der Waals surface area contributed by atoms with E-state index < -0.39 is 18.0 Å². The van der Waals surface area contributed by atoms with Crippen LogP contribution in [0.4, 0.5) is 0 Å². The molecule has 0 saturated carbocycles. The van der Waals surface area contributed by atoms with Gasteiger partial charge >= 0.3 is 5.97 Å². The Morgan fingerprint density at radius 2 is 2.00 bits per heavy atom. The van der Waals surface area contributed by atoms with Gasteiger partial charge in [0.2, 0.25) is 0 Å². The average Bonchev–Trinajstić information content (AvgIpc) is 2.94. The van der Waals surface area contributed by atoms with Gasteiger partial charge in [-0.1, -0.05) is 29.8 Å². The van der Waals surface area contributed by atoms with Gasteiger partial charge in [-0.3, -0.25) is 19.3 Å². The van der Waals surface area contributed by atoms with E-state index in [1.54, 1.807) is 0 Å². The lowest BCUT2D eigenvalue weighted by Gasteiger charge is -2.26. The quantitative estimate of drug-likeness (QED) is 0.510. The molecule has 2 saturated heterocycles. The minimum Gasteiger partial charge on any atom is -0.453 e. The van der Waals surface area contributed by atoms with Gasteiger partial charge in [0.25, 0.3) is 0 Å². The van der Waals surface area contributed by atoms with Gasteiger partial charge in [-0.25, -0.2) is 0 Å². The summed E-state index contributed by atoms with van der Waals surface area (Å²) in [5.74, 6) is -2.60. The lowest BCUT2D eigenvalue weighted by molar-refractivity contribution is -0.147. The largest absolute Gasteiger partial charge is 0.453 e. The van der Waals surface area contributed by atoms with E-state index >= 15 is 0 Å². The third-order valence-corrected chi connectivity index (χ3v) is 5.20. The van der Waals surface area contributed by atoms with E-state index in [-0.39, 0.29) is 18.0 Å². The van der Waals surface area contributed by atoms with Crippen LogP contribution in [0.15, 0.2) is 24.3 Å². The lowest BCUT2D eigenvalue weighted by atomic mass is 9.92. The fourth-order valence-electron chi connectivity index (χ4n) is 3.66. The first-order chi connectivity index (χ1) is 13.0. The molecule has 27 heavy (non-hydrogen) atoms. The third kappa shape index (κ3) is 5.23. The van der Waals surface area contributed by atoms with Crippen LogP contribution < -0.4 is 0 Å². The van der Waals surface area contributed by atoms with Crippen LogP contribution >= 0.6 is 0 Å². The summed E-state index contributed by atoms with van der Waals surface area (Å²) in [4.78, 5) is 39.3. The number of rotatable bonds is 8. The molecule has 6 heteroatoms. The third-order valence-electron chi connectivity index (χ3n) is 5.20. The Bertz CT molecular complexity index is 696. The molecule has 0 amide bonds. The fraction of sp³-hybridized carbons (Fsp3) is 0.571. The van der Waals surface area contributed by atoms with Gasteiger partial charge in [0, 0.05) is 19.5 Å². The zero-order valence-electron chi connectivity index (χ0n) is 15.8. The Balaban J connectivity index is 1.46. The molecular formula is C21H27NO5. The van der Waals surface area contributed by atoms with Gasteiger partial charge < -0.3 is 9.47 Å². The highest BCUT2D eigenvalue weighted by atomic mass is 16.6. The summed E-state index contributed by atoms with van der Waals surface area (Å²) in [5, 5.41) is 0. The van der Waals surface area contributed by atoms with Crippen LogP contribution in [0.3, 0.4) is 0 Å². The SMILES string of the molecule is Cc1cccc(CCC(=O)C2C(=O)OC(CCCN3CCOCC3)C2=O)c1. The van der Waals surface area contributed by atoms with Crippen LogP contribution in [-0.4, -0.2) is 61.4 Å². The summed E-state index contributed by atoms with van der Waals surface area (Å²) in [7, 11) is 0. The number of nitrogens with zero attached hydrogens (tertiary/aromatic N) is 1. The number of Topliss-reactive ketones (excluding diaryl/α,β-unsaturated/α-hetero) is 2. The van der Waals surface area contributed by atoms with Crippen molar-refractivity contribution in [2.45, 2.75) is 38.7 Å². The number of morpholine rings is 1. The molecule has 2 unspecified atom stereocenters. The molecule has 2 aliphatic heterocycles. The van der Waals surface area contributed by atoms with Crippen molar-refractivity contribution in [2.24, 2.45) is 5.92 Å². The standard InChI is InChI=1S/C21H27NO5/c1-15-4-2-5-16(14-15)7-8-17(23)19-20(24)18(27-21(19)25)6-3-9-22-10-12-26-13-11-22/h2,4-5,14,18-19H,3,6-13H2,1H3. The predicted molar refractivity (Wildman–Crippen MR) is 99.4 cm³/mol. The van der Waals surface area contributed by atoms with Gasteiger partial charge in [-0.05, 0) is 38.3 Å². The van der Waals surface area contributed by atoms with Crippen molar-refractivity contribution >= 4 is 17.5 Å². The Kier molecular flexibility index (Phi) is 6.74. The summed E-state index contributed by atoms with van der Waals surface area (Å²) in [6.45, 7) is 6.07. The van der Waals surface area contributed by atoms with Crippen LogP contribution in [-0.2, 0) is 30.3 Å². The van der Waals surface area contributed by atoms with E-state index in [1.165, 1.54) is 0 Å². The number of esters is 1. The van der Waals surface area contributed by atoms with Crippen LogP contribution in [0.25, 0.3) is 0 Å². The topological polar surface area (TPSA) is 72.9 Å². The van der Waals surface area contributed by atoms with Gasteiger partial charge in [0.05, 0.1) is 13.2 Å². The number of hydrogen-bond acceptors (Lipinski definition) is 6. The summed E-state index contributed by atoms with van der Waals surface area (Å²) in [6, 6.07) is 7.89. The first kappa shape index (κ1) is 19.7. The highest BCUT2D eigenvalue weighted by molar-refractivity contribution is 6.21. The second-order valence-electron chi connectivity index (χ2n) is 7.31. The van der Waals surface area contributed by atoms with Gasteiger partial charge in [0.1, 0.15) is 0 Å². The number of carbonyl (C=O) groups is 3. The van der Waals surface area contributed by atoms with E-state index in [2.05, 4.69) is 4.90 Å². The molecule has 1 aromatic rings. The zero-order valence-corrected chi connectivity index (χ0v) is 15.8. The molecule has 0 bridgehead atoms. The van der Waals surface area contributed by atoms with Crippen LogP contribution in [0.1, 0.15) is 30.4 Å². The summed E-state index contributed by atoms with van der Waals surface area (Å²) in [6.07, 6.45) is 1.16. The monoisotopic (exact) mass is 373 g/mol. The molecule has 146 valence electrons. The van der Waals surface area contributed by atoms with E-state index in [0.717, 1.165) is 50.4 Å². The molecule has 0 aromatic heterocycles. The maximum Gasteiger partial charge on any atom is 0.325 e. The van der Waals surface area contributed by atoms with Crippen molar-refractivity contribution < 1.29 is 23.9 Å². The van der Waals surface area contributed by atoms with Crippen LogP contribution in [0, 0.1) is 12.8 Å². The Labute approximate surface area is 159 Å². The van der Waals surface area contributed by atoms with Crippen LogP contribution in [0.5, 0.6) is 0 Å². The maximum absolute atomic E-state index is 12.5. The number of benzene rings is 1. The van der Waals surface area contributed by atoms with Crippen molar-refractivity contribution in [1.82, 2.24) is 4.90 Å². The van der Waals surface area contributed by atoms with Gasteiger partial charge in [0.15, 0.2) is 23.6 Å². The van der Waals surface area contributed by atoms with E-state index in [4.69, 9.17) is 9.47 Å². The minimum atomic E-state index is -1.23. The molecule has 2 heterocycles. The number of ketones is 2. The molecule has 2 atom stereocenters. The molecular weight excluding hydrogens is 346 g/mol. The Morgan fingerprint density at radius 3 is 2.74 bits per heavy atom. The van der Waals surface area contributed by atoms with Crippen molar-refractivity contribution in [3.63, 3.8) is 0 Å². The highest BCUT2D eigenvalue weighted by Gasteiger charge is 2.46.